The molecule has 0 radical (unpaired) electrons. The first-order chi connectivity index (χ1) is 7.06. The third kappa shape index (κ3) is 2.98. The van der Waals surface area contributed by atoms with Crippen molar-refractivity contribution in [1.82, 2.24) is 0 Å². The van der Waals surface area contributed by atoms with Crippen LogP contribution in [0, 0.1) is 12.3 Å². The molecule has 1 unspecified atom stereocenters. The summed E-state index contributed by atoms with van der Waals surface area (Å²) in [5, 5.41) is 0. The van der Waals surface area contributed by atoms with E-state index in [0.29, 0.717) is 6.54 Å². The number of terminal acetylenes is 1. The summed E-state index contributed by atoms with van der Waals surface area (Å²) in [5.74, 6) is 2.61. The van der Waals surface area contributed by atoms with Gasteiger partial charge in [0, 0.05) is 17.6 Å². The van der Waals surface area contributed by atoms with Gasteiger partial charge in [-0.15, -0.1) is 6.42 Å². The van der Waals surface area contributed by atoms with Crippen molar-refractivity contribution in [3.05, 3.63) is 28.2 Å². The average Bonchev–Trinajstić information content (AvgIpc) is 2.17. The van der Waals surface area contributed by atoms with Crippen molar-refractivity contribution in [1.29, 1.82) is 0 Å². The molecular formula is C12H15BrN2. The van der Waals surface area contributed by atoms with Gasteiger partial charge >= 0.3 is 0 Å². The fourth-order valence-electron chi connectivity index (χ4n) is 1.34. The molecule has 0 saturated carbocycles. The molecule has 0 aliphatic carbocycles. The quantitative estimate of drug-likeness (QED) is 0.853. The summed E-state index contributed by atoms with van der Waals surface area (Å²) in [7, 11) is 1.96. The summed E-state index contributed by atoms with van der Waals surface area (Å²) < 4.78 is 1.02. The molecule has 1 aromatic carbocycles. The molecule has 0 fully saturated rings. The molecule has 0 aliphatic heterocycles. The van der Waals surface area contributed by atoms with Gasteiger partial charge in [0.15, 0.2) is 0 Å². The van der Waals surface area contributed by atoms with Crippen LogP contribution in [-0.2, 0) is 0 Å². The van der Waals surface area contributed by atoms with Crippen molar-refractivity contribution in [2.75, 3.05) is 18.5 Å². The zero-order valence-electron chi connectivity index (χ0n) is 9.00. The van der Waals surface area contributed by atoms with Gasteiger partial charge < -0.3 is 10.6 Å². The summed E-state index contributed by atoms with van der Waals surface area (Å²) in [5.41, 5.74) is 7.99. The molecule has 0 amide bonds. The average molecular weight is 267 g/mol. The number of nitrogens with zero attached hydrogens (tertiary/aromatic N) is 1. The molecular weight excluding hydrogens is 252 g/mol. The van der Waals surface area contributed by atoms with Crippen LogP contribution in [0.2, 0.25) is 0 Å². The lowest BCUT2D eigenvalue weighted by atomic mass is 10.1. The molecule has 0 spiro atoms. The van der Waals surface area contributed by atoms with Crippen LogP contribution >= 0.6 is 15.9 Å². The Balaban J connectivity index is 2.98. The van der Waals surface area contributed by atoms with Gasteiger partial charge in [-0.05, 0) is 40.5 Å². The predicted octanol–water partition coefficient (Wildman–Crippen LogP) is 2.54. The fraction of sp³-hybridized carbons (Fsp3) is 0.333. The largest absolute Gasteiger partial charge is 0.363 e. The number of rotatable bonds is 3. The Bertz CT molecular complexity index is 380. The van der Waals surface area contributed by atoms with E-state index in [9.17, 15) is 0 Å². The molecule has 0 aromatic heterocycles. The smallest absolute Gasteiger partial charge is 0.0788 e. The standard InChI is InChI=1S/C12H15BrN2/c1-4-7-15(3)12-6-5-10(9(2)14)8-11(12)13/h1,5-6,8-9H,7,14H2,2-3H3. The number of hydrogen-bond acceptors (Lipinski definition) is 2. The Morgan fingerprint density at radius 3 is 2.73 bits per heavy atom. The van der Waals surface area contributed by atoms with Crippen molar-refractivity contribution in [3.8, 4) is 12.3 Å². The molecule has 0 aliphatic rings. The van der Waals surface area contributed by atoms with E-state index in [1.54, 1.807) is 0 Å². The molecule has 0 saturated heterocycles. The monoisotopic (exact) mass is 266 g/mol. The Morgan fingerprint density at radius 2 is 2.27 bits per heavy atom. The van der Waals surface area contributed by atoms with Crippen LogP contribution in [0.5, 0.6) is 0 Å². The lowest BCUT2D eigenvalue weighted by Gasteiger charge is -2.19. The first kappa shape index (κ1) is 12.1. The molecule has 2 nitrogen and oxygen atoms in total. The molecule has 1 rings (SSSR count). The van der Waals surface area contributed by atoms with Crippen molar-refractivity contribution >= 4 is 21.6 Å². The number of anilines is 1. The van der Waals surface area contributed by atoms with Gasteiger partial charge in [0.2, 0.25) is 0 Å². The highest BCUT2D eigenvalue weighted by Crippen LogP contribution is 2.27. The zero-order chi connectivity index (χ0) is 11.4. The topological polar surface area (TPSA) is 29.3 Å². The van der Waals surface area contributed by atoms with Gasteiger partial charge in [0.1, 0.15) is 0 Å². The van der Waals surface area contributed by atoms with Crippen LogP contribution in [0.3, 0.4) is 0 Å². The van der Waals surface area contributed by atoms with Crippen molar-refractivity contribution in [2.45, 2.75) is 13.0 Å². The fourth-order valence-corrected chi connectivity index (χ4v) is 2.04. The van der Waals surface area contributed by atoms with E-state index in [4.69, 9.17) is 12.2 Å². The molecule has 3 heteroatoms. The van der Waals surface area contributed by atoms with Crippen molar-refractivity contribution < 1.29 is 0 Å². The second kappa shape index (κ2) is 5.20. The Kier molecular flexibility index (Phi) is 4.19. The van der Waals surface area contributed by atoms with E-state index < -0.39 is 0 Å². The first-order valence-corrected chi connectivity index (χ1v) is 5.55. The highest BCUT2D eigenvalue weighted by atomic mass is 79.9. The Hall–Kier alpha value is -0.980. The third-order valence-electron chi connectivity index (χ3n) is 2.24. The summed E-state index contributed by atoms with van der Waals surface area (Å²) in [4.78, 5) is 2.01. The molecule has 80 valence electrons. The normalized spacial score (nSPS) is 11.9. The lowest BCUT2D eigenvalue weighted by Crippen LogP contribution is -2.17. The maximum Gasteiger partial charge on any atom is 0.0788 e. The second-order valence-electron chi connectivity index (χ2n) is 3.56. The Morgan fingerprint density at radius 1 is 1.60 bits per heavy atom. The predicted molar refractivity (Wildman–Crippen MR) is 68.8 cm³/mol. The zero-order valence-corrected chi connectivity index (χ0v) is 10.6. The third-order valence-corrected chi connectivity index (χ3v) is 2.87. The van der Waals surface area contributed by atoms with E-state index in [-0.39, 0.29) is 6.04 Å². The highest BCUT2D eigenvalue weighted by molar-refractivity contribution is 9.10. The first-order valence-electron chi connectivity index (χ1n) is 4.76. The van der Waals surface area contributed by atoms with Gasteiger partial charge in [0.25, 0.3) is 0 Å². The van der Waals surface area contributed by atoms with Crippen LogP contribution in [0.25, 0.3) is 0 Å². The van der Waals surface area contributed by atoms with Crippen LogP contribution < -0.4 is 10.6 Å². The van der Waals surface area contributed by atoms with Crippen molar-refractivity contribution in [3.63, 3.8) is 0 Å². The molecule has 1 atom stereocenters. The van der Waals surface area contributed by atoms with Crippen LogP contribution in [0.4, 0.5) is 5.69 Å². The van der Waals surface area contributed by atoms with E-state index in [2.05, 4.69) is 21.9 Å². The molecule has 0 bridgehead atoms. The maximum atomic E-state index is 5.80. The molecule has 1 aromatic rings. The maximum absolute atomic E-state index is 5.80. The Labute approximate surface area is 99.6 Å². The summed E-state index contributed by atoms with van der Waals surface area (Å²) in [6, 6.07) is 6.14. The van der Waals surface area contributed by atoms with Gasteiger partial charge in [0.05, 0.1) is 12.2 Å². The van der Waals surface area contributed by atoms with Crippen molar-refractivity contribution in [2.24, 2.45) is 5.73 Å². The van der Waals surface area contributed by atoms with E-state index in [1.165, 1.54) is 0 Å². The van der Waals surface area contributed by atoms with Gasteiger partial charge in [-0.1, -0.05) is 12.0 Å². The SMILES string of the molecule is C#CCN(C)c1ccc(C(C)N)cc1Br. The molecule has 15 heavy (non-hydrogen) atoms. The van der Waals surface area contributed by atoms with Gasteiger partial charge in [-0.2, -0.15) is 0 Å². The number of nitrogens with two attached hydrogens (primary N) is 1. The van der Waals surface area contributed by atoms with Gasteiger partial charge in [-0.3, -0.25) is 0 Å². The summed E-state index contributed by atoms with van der Waals surface area (Å²) >= 11 is 3.52. The molecule has 0 heterocycles. The van der Waals surface area contributed by atoms with Crippen LogP contribution in [0.15, 0.2) is 22.7 Å². The number of halogens is 1. The van der Waals surface area contributed by atoms with E-state index >= 15 is 0 Å². The summed E-state index contributed by atoms with van der Waals surface area (Å²) in [6.07, 6.45) is 5.27. The van der Waals surface area contributed by atoms with E-state index in [1.807, 2.05) is 37.1 Å². The minimum Gasteiger partial charge on any atom is -0.363 e. The van der Waals surface area contributed by atoms with E-state index in [0.717, 1.165) is 15.7 Å². The number of hydrogen-bond donors (Lipinski definition) is 1. The second-order valence-corrected chi connectivity index (χ2v) is 4.41. The highest BCUT2D eigenvalue weighted by Gasteiger charge is 2.07. The number of benzene rings is 1. The molecule has 2 N–H and O–H groups in total. The van der Waals surface area contributed by atoms with Gasteiger partial charge in [-0.25, -0.2) is 0 Å². The summed E-state index contributed by atoms with van der Waals surface area (Å²) in [6.45, 7) is 2.56. The van der Waals surface area contributed by atoms with Crippen LogP contribution in [-0.4, -0.2) is 13.6 Å². The van der Waals surface area contributed by atoms with Crippen LogP contribution in [0.1, 0.15) is 18.5 Å². The minimum atomic E-state index is 0.0493. The lowest BCUT2D eigenvalue weighted by molar-refractivity contribution is 0.817. The minimum absolute atomic E-state index is 0.0493.